The highest BCUT2D eigenvalue weighted by atomic mass is 79.9. The standard InChI is InChI=1S/C24H28BrNO5/c1-6-13(3)31-24(29)19-14(4)26-17-10-12(2)18(23(28)30-5)22(27)21(17)20(19)15-8-7-9-16(25)11-15/h7-9,11-13,18,20,26H,6,10H2,1-5H3/t12-,13-,18+,20+/m0/s1. The van der Waals surface area contributed by atoms with Gasteiger partial charge in [0.25, 0.3) is 0 Å². The van der Waals surface area contributed by atoms with E-state index in [1.807, 2.05) is 52.0 Å². The molecule has 0 radical (unpaired) electrons. The first-order chi connectivity index (χ1) is 14.7. The summed E-state index contributed by atoms with van der Waals surface area (Å²) >= 11 is 3.49. The van der Waals surface area contributed by atoms with Crippen LogP contribution in [0.15, 0.2) is 51.3 Å². The zero-order valence-electron chi connectivity index (χ0n) is 18.5. The zero-order chi connectivity index (χ0) is 22.9. The summed E-state index contributed by atoms with van der Waals surface area (Å²) in [7, 11) is 1.29. The summed E-state index contributed by atoms with van der Waals surface area (Å²) in [6, 6.07) is 7.52. The summed E-state index contributed by atoms with van der Waals surface area (Å²) < 4.78 is 11.4. The van der Waals surface area contributed by atoms with Gasteiger partial charge in [0.15, 0.2) is 5.78 Å². The third-order valence-electron chi connectivity index (χ3n) is 6.03. The van der Waals surface area contributed by atoms with E-state index in [4.69, 9.17) is 9.47 Å². The highest BCUT2D eigenvalue weighted by Gasteiger charge is 2.47. The second kappa shape index (κ2) is 9.39. The van der Waals surface area contributed by atoms with Crippen molar-refractivity contribution in [1.82, 2.24) is 5.32 Å². The molecular weight excluding hydrogens is 462 g/mol. The number of rotatable bonds is 5. The van der Waals surface area contributed by atoms with Gasteiger partial charge in [-0.1, -0.05) is 41.9 Å². The molecule has 1 aliphatic heterocycles. The summed E-state index contributed by atoms with van der Waals surface area (Å²) in [5, 5.41) is 3.27. The minimum atomic E-state index is -0.898. The van der Waals surface area contributed by atoms with Gasteiger partial charge in [0.05, 0.1) is 18.8 Å². The van der Waals surface area contributed by atoms with Crippen LogP contribution in [-0.4, -0.2) is 30.9 Å². The van der Waals surface area contributed by atoms with Crippen LogP contribution in [0.25, 0.3) is 0 Å². The third-order valence-corrected chi connectivity index (χ3v) is 6.52. The number of allylic oxidation sites excluding steroid dienone is 3. The summed E-state index contributed by atoms with van der Waals surface area (Å²) in [4.78, 5) is 39.2. The Morgan fingerprint density at radius 1 is 1.32 bits per heavy atom. The SMILES string of the molecule is CC[C@H](C)OC(=O)C1=C(C)NC2=C(C(=O)[C@H](C(=O)OC)[C@@H](C)C2)[C@@H]1c1cccc(Br)c1. The van der Waals surface area contributed by atoms with E-state index >= 15 is 0 Å². The van der Waals surface area contributed by atoms with Crippen molar-refractivity contribution >= 4 is 33.7 Å². The van der Waals surface area contributed by atoms with E-state index < -0.39 is 23.8 Å². The number of halogens is 1. The number of Topliss-reactive ketones (excluding diaryl/α,β-unsaturated/α-hetero) is 1. The van der Waals surface area contributed by atoms with E-state index in [2.05, 4.69) is 21.2 Å². The van der Waals surface area contributed by atoms with E-state index in [0.717, 1.165) is 15.7 Å². The van der Waals surface area contributed by atoms with Crippen LogP contribution in [0.1, 0.15) is 52.0 Å². The number of benzene rings is 1. The predicted molar refractivity (Wildman–Crippen MR) is 120 cm³/mol. The van der Waals surface area contributed by atoms with Gasteiger partial charge < -0.3 is 14.8 Å². The summed E-state index contributed by atoms with van der Waals surface area (Å²) in [6.07, 6.45) is 0.939. The van der Waals surface area contributed by atoms with Gasteiger partial charge in [-0.2, -0.15) is 0 Å². The summed E-state index contributed by atoms with van der Waals surface area (Å²) in [5.74, 6) is -3.05. The Labute approximate surface area is 191 Å². The largest absolute Gasteiger partial charge is 0.468 e. The van der Waals surface area contributed by atoms with Gasteiger partial charge in [-0.25, -0.2) is 4.79 Å². The van der Waals surface area contributed by atoms with Crippen LogP contribution < -0.4 is 5.32 Å². The molecule has 0 spiro atoms. The molecule has 0 saturated carbocycles. The van der Waals surface area contributed by atoms with Crippen molar-refractivity contribution in [3.63, 3.8) is 0 Å². The van der Waals surface area contributed by atoms with Gasteiger partial charge in [-0.3, -0.25) is 9.59 Å². The molecule has 0 bridgehead atoms. The maximum Gasteiger partial charge on any atom is 0.337 e. The molecule has 166 valence electrons. The Morgan fingerprint density at radius 2 is 2.03 bits per heavy atom. The first-order valence-electron chi connectivity index (χ1n) is 10.5. The van der Waals surface area contributed by atoms with Gasteiger partial charge in [0, 0.05) is 27.4 Å². The first kappa shape index (κ1) is 23.3. The average Bonchev–Trinajstić information content (AvgIpc) is 2.72. The van der Waals surface area contributed by atoms with Crippen molar-refractivity contribution < 1.29 is 23.9 Å². The van der Waals surface area contributed by atoms with Gasteiger partial charge in [-0.05, 0) is 50.3 Å². The Kier molecular flexibility index (Phi) is 7.04. The molecule has 0 amide bonds. The number of carbonyl (C=O) groups is 3. The molecular formula is C24H28BrNO5. The molecule has 1 heterocycles. The molecule has 1 aromatic rings. The fourth-order valence-corrected chi connectivity index (χ4v) is 4.72. The molecule has 1 N–H and O–H groups in total. The van der Waals surface area contributed by atoms with Crippen LogP contribution >= 0.6 is 15.9 Å². The van der Waals surface area contributed by atoms with Gasteiger partial charge >= 0.3 is 11.9 Å². The Morgan fingerprint density at radius 3 is 2.65 bits per heavy atom. The molecule has 1 aromatic carbocycles. The second-order valence-electron chi connectivity index (χ2n) is 8.21. The highest BCUT2D eigenvalue weighted by Crippen LogP contribution is 2.45. The number of methoxy groups -OCH3 is 1. The number of ketones is 1. The van der Waals surface area contributed by atoms with E-state index in [1.165, 1.54) is 7.11 Å². The summed E-state index contributed by atoms with van der Waals surface area (Å²) in [6.45, 7) is 7.47. The molecule has 3 rings (SSSR count). The smallest absolute Gasteiger partial charge is 0.337 e. The number of carbonyl (C=O) groups excluding carboxylic acids is 3. The quantitative estimate of drug-likeness (QED) is 0.487. The lowest BCUT2D eigenvalue weighted by atomic mass is 9.69. The van der Waals surface area contributed by atoms with Crippen LogP contribution in [0, 0.1) is 11.8 Å². The van der Waals surface area contributed by atoms with Crippen molar-refractivity contribution in [2.75, 3.05) is 7.11 Å². The molecule has 7 heteroatoms. The molecule has 0 aromatic heterocycles. The van der Waals surface area contributed by atoms with E-state index in [1.54, 1.807) is 0 Å². The minimum absolute atomic E-state index is 0.212. The van der Waals surface area contributed by atoms with Crippen LogP contribution in [0.3, 0.4) is 0 Å². The maximum atomic E-state index is 13.6. The van der Waals surface area contributed by atoms with Crippen LogP contribution in [0.2, 0.25) is 0 Å². The molecule has 31 heavy (non-hydrogen) atoms. The van der Waals surface area contributed by atoms with Crippen molar-refractivity contribution in [3.05, 3.63) is 56.8 Å². The molecule has 0 unspecified atom stereocenters. The first-order valence-corrected chi connectivity index (χ1v) is 11.3. The lowest BCUT2D eigenvalue weighted by molar-refractivity contribution is -0.151. The fourth-order valence-electron chi connectivity index (χ4n) is 4.30. The lowest BCUT2D eigenvalue weighted by Gasteiger charge is -2.38. The molecule has 2 aliphatic rings. The predicted octanol–water partition coefficient (Wildman–Crippen LogP) is 4.40. The van der Waals surface area contributed by atoms with Crippen molar-refractivity contribution in [2.24, 2.45) is 11.8 Å². The topological polar surface area (TPSA) is 81.7 Å². The van der Waals surface area contributed by atoms with E-state index in [0.29, 0.717) is 29.7 Å². The molecule has 0 fully saturated rings. The molecule has 4 atom stereocenters. The Hall–Kier alpha value is -2.41. The average molecular weight is 490 g/mol. The number of ether oxygens (including phenoxy) is 2. The maximum absolute atomic E-state index is 13.6. The lowest BCUT2D eigenvalue weighted by Crippen LogP contribution is -2.43. The number of dihydropyridines is 1. The Balaban J connectivity index is 2.17. The van der Waals surface area contributed by atoms with Gasteiger partial charge in [0.1, 0.15) is 5.92 Å². The minimum Gasteiger partial charge on any atom is -0.468 e. The Bertz CT molecular complexity index is 980. The van der Waals surface area contributed by atoms with Gasteiger partial charge in [0.2, 0.25) is 0 Å². The monoisotopic (exact) mass is 489 g/mol. The van der Waals surface area contributed by atoms with Crippen molar-refractivity contribution in [3.8, 4) is 0 Å². The highest BCUT2D eigenvalue weighted by molar-refractivity contribution is 9.10. The summed E-state index contributed by atoms with van der Waals surface area (Å²) in [5.41, 5.74) is 3.02. The fraction of sp³-hybridized carbons (Fsp3) is 0.458. The second-order valence-corrected chi connectivity index (χ2v) is 9.13. The molecule has 1 aliphatic carbocycles. The van der Waals surface area contributed by atoms with Crippen molar-refractivity contribution in [2.45, 2.75) is 52.6 Å². The normalized spacial score (nSPS) is 24.3. The number of hydrogen-bond donors (Lipinski definition) is 1. The molecule has 0 saturated heterocycles. The van der Waals surface area contributed by atoms with E-state index in [-0.39, 0.29) is 17.8 Å². The zero-order valence-corrected chi connectivity index (χ0v) is 20.0. The molecule has 6 nitrogen and oxygen atoms in total. The number of esters is 2. The van der Waals surface area contributed by atoms with Crippen LogP contribution in [-0.2, 0) is 23.9 Å². The number of nitrogens with one attached hydrogen (secondary N) is 1. The van der Waals surface area contributed by atoms with Crippen LogP contribution in [0.5, 0.6) is 0 Å². The van der Waals surface area contributed by atoms with Gasteiger partial charge in [-0.15, -0.1) is 0 Å². The van der Waals surface area contributed by atoms with Crippen LogP contribution in [0.4, 0.5) is 0 Å². The number of hydrogen-bond acceptors (Lipinski definition) is 6. The van der Waals surface area contributed by atoms with E-state index in [9.17, 15) is 14.4 Å². The third kappa shape index (κ3) is 4.47. The van der Waals surface area contributed by atoms with Crippen molar-refractivity contribution in [1.29, 1.82) is 0 Å².